The van der Waals surface area contributed by atoms with Crippen molar-refractivity contribution < 1.29 is 19.0 Å². The molecule has 2 fully saturated rings. The summed E-state index contributed by atoms with van der Waals surface area (Å²) in [5, 5.41) is 3.80. The number of morpholine rings is 1. The summed E-state index contributed by atoms with van der Waals surface area (Å²) in [4.78, 5) is 25.0. The molecule has 1 amide bonds. The Balaban J connectivity index is 1.44. The van der Waals surface area contributed by atoms with E-state index in [1.165, 1.54) is 0 Å². The van der Waals surface area contributed by atoms with Crippen LogP contribution in [-0.2, 0) is 4.74 Å². The number of ether oxygens (including phenoxy) is 3. The lowest BCUT2D eigenvalue weighted by Gasteiger charge is -2.34. The number of nitrogens with zero attached hydrogens (tertiary/aromatic N) is 4. The molecule has 0 saturated carbocycles. The third-order valence-corrected chi connectivity index (χ3v) is 6.86. The first-order chi connectivity index (χ1) is 17.6. The van der Waals surface area contributed by atoms with Crippen molar-refractivity contribution in [3.8, 4) is 11.5 Å². The van der Waals surface area contributed by atoms with E-state index in [0.717, 1.165) is 80.5 Å². The molecule has 3 aromatic rings. The van der Waals surface area contributed by atoms with Crippen molar-refractivity contribution >= 4 is 33.9 Å². The number of fused-ring (bicyclic) bond motifs is 1. The van der Waals surface area contributed by atoms with Crippen LogP contribution >= 0.6 is 0 Å². The Labute approximate surface area is 211 Å². The monoisotopic (exact) mass is 491 g/mol. The van der Waals surface area contributed by atoms with Crippen molar-refractivity contribution in [3.05, 3.63) is 48.2 Å². The highest BCUT2D eigenvalue weighted by Crippen LogP contribution is 2.37. The van der Waals surface area contributed by atoms with Crippen LogP contribution in [0.15, 0.2) is 42.5 Å². The van der Waals surface area contributed by atoms with E-state index in [1.54, 1.807) is 20.3 Å². The van der Waals surface area contributed by atoms with Crippen LogP contribution in [0.3, 0.4) is 0 Å². The lowest BCUT2D eigenvalue weighted by atomic mass is 10.1. The summed E-state index contributed by atoms with van der Waals surface area (Å²) in [6, 6.07) is 13.5. The highest BCUT2D eigenvalue weighted by Gasteiger charge is 2.22. The number of likely N-dealkylation sites (N-methyl/N-ethyl adjacent to an activating group) is 1. The maximum absolute atomic E-state index is 13.3. The molecule has 190 valence electrons. The van der Waals surface area contributed by atoms with Gasteiger partial charge in [0.15, 0.2) is 0 Å². The maximum Gasteiger partial charge on any atom is 0.274 e. The highest BCUT2D eigenvalue weighted by atomic mass is 16.5. The van der Waals surface area contributed by atoms with E-state index in [4.69, 9.17) is 19.2 Å². The van der Waals surface area contributed by atoms with Gasteiger partial charge in [-0.1, -0.05) is 0 Å². The molecule has 0 spiro atoms. The van der Waals surface area contributed by atoms with E-state index < -0.39 is 0 Å². The third kappa shape index (κ3) is 5.03. The fourth-order valence-electron chi connectivity index (χ4n) is 4.72. The number of rotatable bonds is 6. The number of hydrogen-bond acceptors (Lipinski definition) is 8. The van der Waals surface area contributed by atoms with Gasteiger partial charge in [0.25, 0.3) is 5.91 Å². The molecule has 1 N–H and O–H groups in total. The van der Waals surface area contributed by atoms with Crippen molar-refractivity contribution in [2.75, 3.05) is 88.9 Å². The normalized spacial score (nSPS) is 16.8. The number of methoxy groups -OCH3 is 2. The van der Waals surface area contributed by atoms with Crippen molar-refractivity contribution in [3.63, 3.8) is 0 Å². The SMILES string of the molecule is COc1cc(N2CCN(C)CC2)c2nc(C(=O)Nc3ccc(N4CCOCC4)cc3)cc(OC)c2c1. The summed E-state index contributed by atoms with van der Waals surface area (Å²) in [6.45, 7) is 6.85. The quantitative estimate of drug-likeness (QED) is 0.564. The fourth-order valence-corrected chi connectivity index (χ4v) is 4.72. The topological polar surface area (TPSA) is 79.4 Å². The zero-order valence-corrected chi connectivity index (χ0v) is 21.1. The van der Waals surface area contributed by atoms with E-state index in [9.17, 15) is 4.79 Å². The van der Waals surface area contributed by atoms with Crippen LogP contribution < -0.4 is 24.6 Å². The summed E-state index contributed by atoms with van der Waals surface area (Å²) >= 11 is 0. The third-order valence-electron chi connectivity index (χ3n) is 6.86. The Morgan fingerprint density at radius 2 is 1.64 bits per heavy atom. The molecule has 2 aromatic carbocycles. The average molecular weight is 492 g/mol. The second kappa shape index (κ2) is 10.6. The van der Waals surface area contributed by atoms with Crippen molar-refractivity contribution in [1.82, 2.24) is 9.88 Å². The lowest BCUT2D eigenvalue weighted by Crippen LogP contribution is -2.44. The van der Waals surface area contributed by atoms with Crippen LogP contribution in [0.1, 0.15) is 10.5 Å². The summed E-state index contributed by atoms with van der Waals surface area (Å²) in [5.74, 6) is 1.03. The van der Waals surface area contributed by atoms with Crippen LogP contribution in [0.2, 0.25) is 0 Å². The molecule has 5 rings (SSSR count). The van der Waals surface area contributed by atoms with Gasteiger partial charge in [-0.25, -0.2) is 4.98 Å². The van der Waals surface area contributed by atoms with Crippen molar-refractivity contribution in [2.45, 2.75) is 0 Å². The maximum atomic E-state index is 13.3. The number of pyridine rings is 1. The van der Waals surface area contributed by atoms with Crippen molar-refractivity contribution in [1.29, 1.82) is 0 Å². The van der Waals surface area contributed by atoms with E-state index in [0.29, 0.717) is 17.1 Å². The predicted octanol–water partition coefficient (Wildman–Crippen LogP) is 3.09. The molecule has 2 aliphatic heterocycles. The molecule has 0 unspecified atom stereocenters. The molecule has 1 aromatic heterocycles. The molecule has 0 radical (unpaired) electrons. The molecule has 9 nitrogen and oxygen atoms in total. The molecule has 0 aliphatic carbocycles. The summed E-state index contributed by atoms with van der Waals surface area (Å²) in [5.41, 5.74) is 3.81. The molecule has 0 bridgehead atoms. The van der Waals surface area contributed by atoms with Gasteiger partial charge in [0.05, 0.1) is 38.6 Å². The van der Waals surface area contributed by atoms with Gasteiger partial charge in [-0.15, -0.1) is 0 Å². The van der Waals surface area contributed by atoms with Gasteiger partial charge < -0.3 is 34.2 Å². The van der Waals surface area contributed by atoms with Gasteiger partial charge in [-0.05, 0) is 37.4 Å². The Bertz CT molecular complexity index is 1220. The number of nitrogens with one attached hydrogen (secondary N) is 1. The summed E-state index contributed by atoms with van der Waals surface area (Å²) in [7, 11) is 5.38. The average Bonchev–Trinajstić information content (AvgIpc) is 2.93. The second-order valence-electron chi connectivity index (χ2n) is 9.14. The molecule has 36 heavy (non-hydrogen) atoms. The minimum Gasteiger partial charge on any atom is -0.497 e. The van der Waals surface area contributed by atoms with Gasteiger partial charge in [-0.2, -0.15) is 0 Å². The van der Waals surface area contributed by atoms with Crippen LogP contribution in [-0.4, -0.2) is 89.5 Å². The van der Waals surface area contributed by atoms with Gasteiger partial charge in [0, 0.05) is 68.2 Å². The molecule has 9 heteroatoms. The number of hydrogen-bond donors (Lipinski definition) is 1. The first-order valence-corrected chi connectivity index (χ1v) is 12.3. The zero-order valence-electron chi connectivity index (χ0n) is 21.1. The number of anilines is 3. The van der Waals surface area contributed by atoms with E-state index in [2.05, 4.69) is 27.1 Å². The zero-order chi connectivity index (χ0) is 25.1. The smallest absolute Gasteiger partial charge is 0.274 e. The first-order valence-electron chi connectivity index (χ1n) is 12.3. The van der Waals surface area contributed by atoms with Crippen LogP contribution in [0.5, 0.6) is 11.5 Å². The highest BCUT2D eigenvalue weighted by molar-refractivity contribution is 6.06. The molecule has 2 aliphatic rings. The number of piperazine rings is 1. The van der Waals surface area contributed by atoms with Gasteiger partial charge in [0.1, 0.15) is 17.2 Å². The van der Waals surface area contributed by atoms with E-state index in [1.807, 2.05) is 36.4 Å². The van der Waals surface area contributed by atoms with Crippen LogP contribution in [0, 0.1) is 0 Å². The molecule has 3 heterocycles. The van der Waals surface area contributed by atoms with Gasteiger partial charge in [0.2, 0.25) is 0 Å². The summed E-state index contributed by atoms with van der Waals surface area (Å²) in [6.07, 6.45) is 0. The number of aromatic nitrogens is 1. The Morgan fingerprint density at radius 1 is 0.917 bits per heavy atom. The lowest BCUT2D eigenvalue weighted by molar-refractivity contribution is 0.102. The summed E-state index contributed by atoms with van der Waals surface area (Å²) < 4.78 is 16.7. The number of carbonyl (C=O) groups excluding carboxylic acids is 1. The molecular formula is C27H33N5O4. The number of amides is 1. The number of carbonyl (C=O) groups is 1. The van der Waals surface area contributed by atoms with Gasteiger partial charge >= 0.3 is 0 Å². The Morgan fingerprint density at radius 3 is 2.31 bits per heavy atom. The molecular weight excluding hydrogens is 458 g/mol. The Kier molecular flexibility index (Phi) is 7.11. The predicted molar refractivity (Wildman–Crippen MR) is 142 cm³/mol. The first kappa shape index (κ1) is 24.1. The second-order valence-corrected chi connectivity index (χ2v) is 9.14. The fraction of sp³-hybridized carbons (Fsp3) is 0.407. The van der Waals surface area contributed by atoms with Crippen LogP contribution in [0.25, 0.3) is 10.9 Å². The van der Waals surface area contributed by atoms with Gasteiger partial charge in [-0.3, -0.25) is 4.79 Å². The number of benzene rings is 2. The minimum atomic E-state index is -0.283. The molecule has 2 saturated heterocycles. The standard InChI is InChI=1S/C27H33N5O4/c1-30-8-10-32(11-9-30)24-17-21(34-2)16-22-25(35-3)18-23(29-26(22)24)27(33)28-19-4-6-20(7-5-19)31-12-14-36-15-13-31/h4-7,16-18H,8-15H2,1-3H3,(H,28,33). The molecule has 0 atom stereocenters. The minimum absolute atomic E-state index is 0.283. The van der Waals surface area contributed by atoms with E-state index >= 15 is 0 Å². The van der Waals surface area contributed by atoms with E-state index in [-0.39, 0.29) is 5.91 Å². The van der Waals surface area contributed by atoms with Crippen molar-refractivity contribution in [2.24, 2.45) is 0 Å². The Hall–Kier alpha value is -3.56. The largest absolute Gasteiger partial charge is 0.497 e. The van der Waals surface area contributed by atoms with Crippen LogP contribution in [0.4, 0.5) is 17.1 Å².